The summed E-state index contributed by atoms with van der Waals surface area (Å²) in [7, 11) is -3.79. The number of nitrogens with two attached hydrogens (primary N) is 1. The summed E-state index contributed by atoms with van der Waals surface area (Å²) in [5.41, 5.74) is 2.19. The Bertz CT molecular complexity index is 635. The molecule has 0 bridgehead atoms. The molecule has 9 nitrogen and oxygen atoms in total. The van der Waals surface area contributed by atoms with Gasteiger partial charge in [0.1, 0.15) is 10.7 Å². The predicted octanol–water partition coefficient (Wildman–Crippen LogP) is -0.141. The molecule has 0 atom stereocenters. The average molecular weight is 270 g/mol. The van der Waals surface area contributed by atoms with Crippen LogP contribution in [0.2, 0.25) is 0 Å². The molecule has 0 aliphatic rings. The number of nitrogens with zero attached hydrogens (tertiary/aromatic N) is 3. The maximum Gasteiger partial charge on any atom is 0.266 e. The van der Waals surface area contributed by atoms with E-state index in [9.17, 15) is 8.42 Å². The van der Waals surface area contributed by atoms with Gasteiger partial charge >= 0.3 is 0 Å². The fraction of sp³-hybridized carbons (Fsp3) is 0.125. The molecule has 0 saturated carbocycles. The first kappa shape index (κ1) is 12.3. The van der Waals surface area contributed by atoms with Crippen LogP contribution in [0.15, 0.2) is 27.9 Å². The van der Waals surface area contributed by atoms with Crippen molar-refractivity contribution in [3.05, 3.63) is 24.2 Å². The predicted molar refractivity (Wildman–Crippen MR) is 61.9 cm³/mol. The molecule has 0 aliphatic heterocycles. The Hall–Kier alpha value is -2.20. The number of rotatable bonds is 4. The normalized spacial score (nSPS) is 11.2. The summed E-state index contributed by atoms with van der Waals surface area (Å²) in [6, 6.07) is 1.45. The summed E-state index contributed by atoms with van der Waals surface area (Å²) in [6.45, 7) is 1.65. The van der Waals surface area contributed by atoms with Gasteiger partial charge in [-0.15, -0.1) is 0 Å². The van der Waals surface area contributed by atoms with E-state index < -0.39 is 10.0 Å². The molecule has 18 heavy (non-hydrogen) atoms. The number of aryl methyl sites for hydroxylation is 1. The van der Waals surface area contributed by atoms with Crippen LogP contribution in [0.4, 0.5) is 11.8 Å². The van der Waals surface area contributed by atoms with E-state index in [1.54, 1.807) is 6.92 Å². The van der Waals surface area contributed by atoms with E-state index in [0.717, 1.165) is 12.4 Å². The quantitative estimate of drug-likeness (QED) is 0.515. The molecule has 0 saturated heterocycles. The molecule has 2 aromatic rings. The van der Waals surface area contributed by atoms with Crippen LogP contribution in [-0.4, -0.2) is 23.5 Å². The fourth-order valence-electron chi connectivity index (χ4n) is 1.14. The Morgan fingerprint density at radius 1 is 1.33 bits per heavy atom. The number of anilines is 2. The first-order chi connectivity index (χ1) is 8.51. The zero-order valence-electron chi connectivity index (χ0n) is 9.28. The van der Waals surface area contributed by atoms with E-state index in [1.165, 1.54) is 6.07 Å². The Morgan fingerprint density at radius 2 is 2.00 bits per heavy atom. The largest absolute Gasteiger partial charge is 0.360 e. The van der Waals surface area contributed by atoms with E-state index >= 15 is 0 Å². The lowest BCUT2D eigenvalue weighted by molar-refractivity contribution is 0.400. The Morgan fingerprint density at radius 3 is 2.50 bits per heavy atom. The maximum atomic E-state index is 11.9. The van der Waals surface area contributed by atoms with Crippen molar-refractivity contribution in [2.24, 2.45) is 5.84 Å². The minimum Gasteiger partial charge on any atom is -0.360 e. The van der Waals surface area contributed by atoms with Crippen LogP contribution in [0.25, 0.3) is 0 Å². The molecule has 10 heteroatoms. The van der Waals surface area contributed by atoms with Crippen molar-refractivity contribution in [3.8, 4) is 0 Å². The molecule has 0 amide bonds. The smallest absolute Gasteiger partial charge is 0.266 e. The van der Waals surface area contributed by atoms with E-state index in [1.807, 2.05) is 0 Å². The van der Waals surface area contributed by atoms with Crippen LogP contribution in [0, 0.1) is 6.92 Å². The minimum atomic E-state index is -3.79. The maximum absolute atomic E-state index is 11.9. The molecule has 0 aliphatic carbocycles. The molecule has 0 radical (unpaired) electrons. The van der Waals surface area contributed by atoms with Gasteiger partial charge < -0.3 is 4.52 Å². The topological polar surface area (TPSA) is 136 Å². The Kier molecular flexibility index (Phi) is 3.12. The van der Waals surface area contributed by atoms with Crippen LogP contribution in [0.1, 0.15) is 5.76 Å². The van der Waals surface area contributed by atoms with Crippen LogP contribution in [0.5, 0.6) is 0 Å². The number of nitrogen functional groups attached to an aromatic ring is 1. The number of hydrazine groups is 1. The van der Waals surface area contributed by atoms with E-state index in [2.05, 4.69) is 25.3 Å². The van der Waals surface area contributed by atoms with Gasteiger partial charge in [-0.25, -0.2) is 24.2 Å². The number of sulfonamides is 1. The number of hydrogen-bond donors (Lipinski definition) is 3. The second-order valence-corrected chi connectivity index (χ2v) is 5.00. The number of aromatic nitrogens is 3. The molecule has 0 spiro atoms. The van der Waals surface area contributed by atoms with Gasteiger partial charge in [-0.1, -0.05) is 5.16 Å². The third kappa shape index (κ3) is 2.55. The summed E-state index contributed by atoms with van der Waals surface area (Å²) in [5, 5.41) is 3.52. The average Bonchev–Trinajstić information content (AvgIpc) is 2.74. The highest BCUT2D eigenvalue weighted by molar-refractivity contribution is 7.92. The van der Waals surface area contributed by atoms with Crippen LogP contribution >= 0.6 is 0 Å². The second kappa shape index (κ2) is 4.58. The number of hydrogen-bond acceptors (Lipinski definition) is 8. The molecular weight excluding hydrogens is 260 g/mol. The standard InChI is InChI=1S/C8H10N6O3S/c1-5-2-7(13-17-5)14-18(15,16)6-3-10-8(12-9)11-4-6/h2-4H,9H2,1H3,(H,13,14)(H,10,11,12). The van der Waals surface area contributed by atoms with Gasteiger partial charge in [-0.3, -0.25) is 10.1 Å². The zero-order chi connectivity index (χ0) is 13.2. The third-order valence-electron chi connectivity index (χ3n) is 1.93. The highest BCUT2D eigenvalue weighted by Crippen LogP contribution is 2.14. The van der Waals surface area contributed by atoms with Gasteiger partial charge in [-0.2, -0.15) is 0 Å². The van der Waals surface area contributed by atoms with Crippen molar-refractivity contribution in [2.45, 2.75) is 11.8 Å². The van der Waals surface area contributed by atoms with Crippen LogP contribution in [0.3, 0.4) is 0 Å². The summed E-state index contributed by atoms with van der Waals surface area (Å²) < 4.78 is 30.7. The summed E-state index contributed by atoms with van der Waals surface area (Å²) in [6.07, 6.45) is 2.24. The first-order valence-corrected chi connectivity index (χ1v) is 6.24. The molecular formula is C8H10N6O3S. The molecule has 4 N–H and O–H groups in total. The van der Waals surface area contributed by atoms with Gasteiger partial charge in [0.25, 0.3) is 10.0 Å². The lowest BCUT2D eigenvalue weighted by Gasteiger charge is -2.04. The molecule has 0 aromatic carbocycles. The highest BCUT2D eigenvalue weighted by Gasteiger charge is 2.17. The van der Waals surface area contributed by atoms with E-state index in [0.29, 0.717) is 5.76 Å². The van der Waals surface area contributed by atoms with Crippen molar-refractivity contribution in [1.82, 2.24) is 15.1 Å². The number of nitrogens with one attached hydrogen (secondary N) is 2. The van der Waals surface area contributed by atoms with Gasteiger partial charge in [-0.05, 0) is 6.92 Å². The lowest BCUT2D eigenvalue weighted by Crippen LogP contribution is -2.15. The van der Waals surface area contributed by atoms with E-state index in [4.69, 9.17) is 10.4 Å². The summed E-state index contributed by atoms with van der Waals surface area (Å²) in [5.74, 6) is 5.77. The van der Waals surface area contributed by atoms with Gasteiger partial charge in [0.2, 0.25) is 5.95 Å². The first-order valence-electron chi connectivity index (χ1n) is 4.76. The Labute approximate surface area is 102 Å². The minimum absolute atomic E-state index is 0.0912. The van der Waals surface area contributed by atoms with Gasteiger partial charge in [0.05, 0.1) is 12.4 Å². The molecule has 96 valence electrons. The fourth-order valence-corrected chi connectivity index (χ4v) is 2.01. The van der Waals surface area contributed by atoms with Crippen molar-refractivity contribution >= 4 is 21.8 Å². The lowest BCUT2D eigenvalue weighted by atomic mass is 10.5. The molecule has 2 heterocycles. The molecule has 2 aromatic heterocycles. The van der Waals surface area contributed by atoms with Crippen molar-refractivity contribution in [1.29, 1.82) is 0 Å². The second-order valence-electron chi connectivity index (χ2n) is 3.32. The van der Waals surface area contributed by atoms with Crippen LogP contribution < -0.4 is 16.0 Å². The van der Waals surface area contributed by atoms with E-state index in [-0.39, 0.29) is 16.7 Å². The van der Waals surface area contributed by atoms with Crippen molar-refractivity contribution in [2.75, 3.05) is 10.1 Å². The highest BCUT2D eigenvalue weighted by atomic mass is 32.2. The zero-order valence-corrected chi connectivity index (χ0v) is 10.1. The monoisotopic (exact) mass is 270 g/mol. The summed E-state index contributed by atoms with van der Waals surface area (Å²) >= 11 is 0. The SMILES string of the molecule is Cc1cc(NS(=O)(=O)c2cnc(NN)nc2)no1. The molecule has 2 rings (SSSR count). The van der Waals surface area contributed by atoms with Crippen LogP contribution in [-0.2, 0) is 10.0 Å². The van der Waals surface area contributed by atoms with Crippen molar-refractivity contribution < 1.29 is 12.9 Å². The molecule has 0 unspecified atom stereocenters. The Balaban J connectivity index is 2.24. The van der Waals surface area contributed by atoms with Crippen molar-refractivity contribution in [3.63, 3.8) is 0 Å². The third-order valence-corrected chi connectivity index (χ3v) is 3.24. The van der Waals surface area contributed by atoms with Gasteiger partial charge in [0.15, 0.2) is 5.82 Å². The summed E-state index contributed by atoms with van der Waals surface area (Å²) in [4.78, 5) is 7.29. The molecule has 0 fully saturated rings. The van der Waals surface area contributed by atoms with Gasteiger partial charge in [0, 0.05) is 6.07 Å².